The molecule has 0 fully saturated rings. The van der Waals surface area contributed by atoms with Gasteiger partial charge in [0.1, 0.15) is 5.69 Å². The number of aryl methyl sites for hydroxylation is 1. The Morgan fingerprint density at radius 3 is 2.75 bits per heavy atom. The molecule has 1 amide bonds. The van der Waals surface area contributed by atoms with E-state index in [4.69, 9.17) is 0 Å². The molecule has 0 radical (unpaired) electrons. The quantitative estimate of drug-likeness (QED) is 0.645. The molecule has 0 aliphatic heterocycles. The van der Waals surface area contributed by atoms with Gasteiger partial charge in [-0.1, -0.05) is 18.7 Å². The van der Waals surface area contributed by atoms with E-state index in [-0.39, 0.29) is 11.9 Å². The van der Waals surface area contributed by atoms with Crippen LogP contribution in [0, 0.1) is 6.92 Å². The van der Waals surface area contributed by atoms with Crippen molar-refractivity contribution in [1.82, 2.24) is 15.3 Å². The van der Waals surface area contributed by atoms with Crippen LogP contribution in [0.4, 0.5) is 0 Å². The molecular weight excluding hydrogens is 222 g/mol. The highest BCUT2D eigenvalue weighted by molar-refractivity contribution is 7.99. The SMILES string of the molecule is CCSc1nc(C)cc(C(=O)NC(C)C)n1. The van der Waals surface area contributed by atoms with Crippen molar-refractivity contribution in [3.63, 3.8) is 0 Å². The minimum atomic E-state index is -0.140. The van der Waals surface area contributed by atoms with Gasteiger partial charge in [-0.25, -0.2) is 9.97 Å². The largest absolute Gasteiger partial charge is 0.349 e. The molecular formula is C11H17N3OS. The van der Waals surface area contributed by atoms with Crippen molar-refractivity contribution in [2.45, 2.75) is 38.9 Å². The molecule has 1 rings (SSSR count). The van der Waals surface area contributed by atoms with E-state index < -0.39 is 0 Å². The van der Waals surface area contributed by atoms with E-state index in [1.54, 1.807) is 6.07 Å². The summed E-state index contributed by atoms with van der Waals surface area (Å²) in [5, 5.41) is 3.48. The van der Waals surface area contributed by atoms with E-state index in [2.05, 4.69) is 15.3 Å². The molecule has 16 heavy (non-hydrogen) atoms. The maximum atomic E-state index is 11.8. The molecule has 1 aromatic rings. The Balaban J connectivity index is 2.91. The van der Waals surface area contributed by atoms with E-state index >= 15 is 0 Å². The minimum Gasteiger partial charge on any atom is -0.349 e. The number of thioether (sulfide) groups is 1. The fourth-order valence-electron chi connectivity index (χ4n) is 1.19. The molecule has 0 aromatic carbocycles. The summed E-state index contributed by atoms with van der Waals surface area (Å²) in [6, 6.07) is 1.82. The van der Waals surface area contributed by atoms with Crippen LogP contribution in [0.15, 0.2) is 11.2 Å². The Bertz CT molecular complexity index is 379. The van der Waals surface area contributed by atoms with Crippen molar-refractivity contribution in [2.24, 2.45) is 0 Å². The van der Waals surface area contributed by atoms with Gasteiger partial charge in [0.15, 0.2) is 5.16 Å². The summed E-state index contributed by atoms with van der Waals surface area (Å²) in [5.74, 6) is 0.757. The number of hydrogen-bond acceptors (Lipinski definition) is 4. The van der Waals surface area contributed by atoms with Gasteiger partial charge in [0, 0.05) is 11.7 Å². The predicted octanol–water partition coefficient (Wildman–Crippen LogP) is 2.04. The van der Waals surface area contributed by atoms with Crippen molar-refractivity contribution in [3.8, 4) is 0 Å². The normalized spacial score (nSPS) is 10.6. The summed E-state index contributed by atoms with van der Waals surface area (Å²) < 4.78 is 0. The molecule has 0 atom stereocenters. The molecule has 0 saturated heterocycles. The first kappa shape index (κ1) is 13.0. The van der Waals surface area contributed by atoms with Crippen molar-refractivity contribution in [2.75, 3.05) is 5.75 Å². The van der Waals surface area contributed by atoms with Gasteiger partial charge < -0.3 is 5.32 Å². The van der Waals surface area contributed by atoms with Crippen LogP contribution in [0.1, 0.15) is 37.0 Å². The van der Waals surface area contributed by atoms with Gasteiger partial charge in [-0.15, -0.1) is 0 Å². The van der Waals surface area contributed by atoms with Crippen molar-refractivity contribution in [3.05, 3.63) is 17.5 Å². The summed E-state index contributed by atoms with van der Waals surface area (Å²) >= 11 is 1.54. The predicted molar refractivity (Wildman–Crippen MR) is 65.8 cm³/mol. The first-order valence-electron chi connectivity index (χ1n) is 5.32. The second-order valence-corrected chi connectivity index (χ2v) is 4.97. The van der Waals surface area contributed by atoms with Crippen molar-refractivity contribution < 1.29 is 4.79 Å². The van der Waals surface area contributed by atoms with E-state index in [0.717, 1.165) is 11.4 Å². The minimum absolute atomic E-state index is 0.116. The molecule has 88 valence electrons. The Labute approximate surface area is 100 Å². The smallest absolute Gasteiger partial charge is 0.270 e. The number of hydrogen-bond donors (Lipinski definition) is 1. The maximum absolute atomic E-state index is 11.8. The van der Waals surface area contributed by atoms with Crippen LogP contribution < -0.4 is 5.32 Å². The van der Waals surface area contributed by atoms with Crippen LogP contribution in [-0.2, 0) is 0 Å². The van der Waals surface area contributed by atoms with E-state index in [9.17, 15) is 4.79 Å². The zero-order chi connectivity index (χ0) is 12.1. The molecule has 1 aromatic heterocycles. The van der Waals surface area contributed by atoms with Crippen LogP contribution in [-0.4, -0.2) is 27.7 Å². The third-order valence-corrected chi connectivity index (χ3v) is 2.49. The molecule has 0 aliphatic carbocycles. The Hall–Kier alpha value is -1.10. The topological polar surface area (TPSA) is 54.9 Å². The number of aromatic nitrogens is 2. The number of nitrogens with zero attached hydrogens (tertiary/aromatic N) is 2. The van der Waals surface area contributed by atoms with E-state index in [0.29, 0.717) is 10.9 Å². The number of carbonyl (C=O) groups excluding carboxylic acids is 1. The lowest BCUT2D eigenvalue weighted by atomic mass is 10.3. The van der Waals surface area contributed by atoms with E-state index in [1.807, 2.05) is 27.7 Å². The van der Waals surface area contributed by atoms with Gasteiger partial charge in [-0.05, 0) is 32.6 Å². The van der Waals surface area contributed by atoms with Crippen LogP contribution in [0.5, 0.6) is 0 Å². The van der Waals surface area contributed by atoms with Crippen LogP contribution in [0.25, 0.3) is 0 Å². The molecule has 0 spiro atoms. The van der Waals surface area contributed by atoms with Gasteiger partial charge >= 0.3 is 0 Å². The molecule has 0 bridgehead atoms. The van der Waals surface area contributed by atoms with Gasteiger partial charge in [-0.2, -0.15) is 0 Å². The molecule has 1 heterocycles. The number of carbonyl (C=O) groups is 1. The second kappa shape index (κ2) is 5.84. The third-order valence-electron chi connectivity index (χ3n) is 1.76. The molecule has 5 heteroatoms. The molecule has 0 unspecified atom stereocenters. The summed E-state index contributed by atoms with van der Waals surface area (Å²) in [6.07, 6.45) is 0. The van der Waals surface area contributed by atoms with Gasteiger partial charge in [0.05, 0.1) is 0 Å². The van der Waals surface area contributed by atoms with Gasteiger partial charge in [-0.3, -0.25) is 4.79 Å². The highest BCUT2D eigenvalue weighted by atomic mass is 32.2. The average Bonchev–Trinajstić information content (AvgIpc) is 2.16. The highest BCUT2D eigenvalue weighted by Crippen LogP contribution is 2.13. The van der Waals surface area contributed by atoms with Crippen molar-refractivity contribution in [1.29, 1.82) is 0 Å². The summed E-state index contributed by atoms with van der Waals surface area (Å²) in [5.41, 5.74) is 1.26. The lowest BCUT2D eigenvalue weighted by Crippen LogP contribution is -2.31. The Morgan fingerprint density at radius 1 is 1.50 bits per heavy atom. The van der Waals surface area contributed by atoms with E-state index in [1.165, 1.54) is 11.8 Å². The Morgan fingerprint density at radius 2 is 2.19 bits per heavy atom. The lowest BCUT2D eigenvalue weighted by Gasteiger charge is -2.08. The van der Waals surface area contributed by atoms with Crippen LogP contribution in [0.3, 0.4) is 0 Å². The van der Waals surface area contributed by atoms with Crippen LogP contribution in [0.2, 0.25) is 0 Å². The first-order valence-corrected chi connectivity index (χ1v) is 6.30. The van der Waals surface area contributed by atoms with Crippen LogP contribution >= 0.6 is 11.8 Å². The fraction of sp³-hybridized carbons (Fsp3) is 0.545. The molecule has 0 saturated carbocycles. The summed E-state index contributed by atoms with van der Waals surface area (Å²) in [4.78, 5) is 20.2. The molecule has 4 nitrogen and oxygen atoms in total. The maximum Gasteiger partial charge on any atom is 0.270 e. The average molecular weight is 239 g/mol. The summed E-state index contributed by atoms with van der Waals surface area (Å²) in [7, 11) is 0. The second-order valence-electron chi connectivity index (χ2n) is 3.74. The lowest BCUT2D eigenvalue weighted by molar-refractivity contribution is 0.0937. The highest BCUT2D eigenvalue weighted by Gasteiger charge is 2.11. The number of rotatable bonds is 4. The fourth-order valence-corrected chi connectivity index (χ4v) is 1.82. The zero-order valence-corrected chi connectivity index (χ0v) is 10.9. The standard InChI is InChI=1S/C11H17N3OS/c1-5-16-11-13-8(4)6-9(14-11)10(15)12-7(2)3/h6-7H,5H2,1-4H3,(H,12,15). The Kier molecular flexibility index (Phi) is 4.73. The first-order chi connectivity index (χ1) is 7.52. The third kappa shape index (κ3) is 3.81. The molecule has 1 N–H and O–H groups in total. The van der Waals surface area contributed by atoms with Crippen molar-refractivity contribution >= 4 is 17.7 Å². The zero-order valence-electron chi connectivity index (χ0n) is 10.1. The summed E-state index contributed by atoms with van der Waals surface area (Å²) in [6.45, 7) is 7.75. The monoisotopic (exact) mass is 239 g/mol. The number of amides is 1. The van der Waals surface area contributed by atoms with Gasteiger partial charge in [0.2, 0.25) is 0 Å². The van der Waals surface area contributed by atoms with Gasteiger partial charge in [0.25, 0.3) is 5.91 Å². The number of nitrogens with one attached hydrogen (secondary N) is 1. The molecule has 0 aliphatic rings.